The molecule has 0 amide bonds. The van der Waals surface area contributed by atoms with E-state index in [4.69, 9.17) is 4.74 Å². The van der Waals surface area contributed by atoms with Gasteiger partial charge in [-0.15, -0.1) is 11.3 Å². The molecule has 0 fully saturated rings. The highest BCUT2D eigenvalue weighted by Crippen LogP contribution is 2.36. The van der Waals surface area contributed by atoms with Gasteiger partial charge in [0.2, 0.25) is 0 Å². The number of carbonyl (C=O) groups excluding carboxylic acids is 1. The van der Waals surface area contributed by atoms with E-state index in [9.17, 15) is 4.79 Å². The summed E-state index contributed by atoms with van der Waals surface area (Å²) in [6.45, 7) is 2.63. The van der Waals surface area contributed by atoms with E-state index in [1.807, 2.05) is 18.2 Å². The molecule has 4 nitrogen and oxygen atoms in total. The van der Waals surface area contributed by atoms with Gasteiger partial charge < -0.3 is 4.74 Å². The molecular formula is C19H20N2O2S2. The van der Waals surface area contributed by atoms with Crippen molar-refractivity contribution in [1.82, 2.24) is 9.97 Å². The Morgan fingerprint density at radius 2 is 2.04 bits per heavy atom. The lowest BCUT2D eigenvalue weighted by Gasteiger charge is -2.04. The summed E-state index contributed by atoms with van der Waals surface area (Å²) < 4.78 is 5.25. The highest BCUT2D eigenvalue weighted by molar-refractivity contribution is 8.00. The number of aromatic nitrogens is 2. The number of nitrogens with zero attached hydrogens (tertiary/aromatic N) is 2. The molecule has 0 unspecified atom stereocenters. The predicted octanol–water partition coefficient (Wildman–Crippen LogP) is 5.18. The Morgan fingerprint density at radius 1 is 1.20 bits per heavy atom. The van der Waals surface area contributed by atoms with Gasteiger partial charge in [0.15, 0.2) is 0 Å². The Hall–Kier alpha value is -1.92. The van der Waals surface area contributed by atoms with Crippen LogP contribution in [0.2, 0.25) is 0 Å². The molecule has 0 bridgehead atoms. The van der Waals surface area contributed by atoms with Crippen molar-refractivity contribution in [1.29, 1.82) is 0 Å². The lowest BCUT2D eigenvalue weighted by Crippen LogP contribution is -2.08. The van der Waals surface area contributed by atoms with Crippen LogP contribution < -0.4 is 0 Å². The number of thiophene rings is 1. The number of rotatable bonds is 8. The van der Waals surface area contributed by atoms with Gasteiger partial charge in [-0.25, -0.2) is 9.97 Å². The first-order valence-corrected chi connectivity index (χ1v) is 10.2. The summed E-state index contributed by atoms with van der Waals surface area (Å²) in [6.07, 6.45) is 4.69. The molecular weight excluding hydrogens is 352 g/mol. The lowest BCUT2D eigenvalue weighted by molar-refractivity contribution is -0.140. The van der Waals surface area contributed by atoms with Crippen molar-refractivity contribution >= 4 is 39.3 Å². The molecule has 2 heterocycles. The summed E-state index contributed by atoms with van der Waals surface area (Å²) in [5.74, 6) is 0.0840. The Kier molecular flexibility index (Phi) is 6.42. The first kappa shape index (κ1) is 17.9. The third-order valence-corrected chi connectivity index (χ3v) is 5.76. The number of ether oxygens (including phenoxy) is 1. The van der Waals surface area contributed by atoms with E-state index in [0.717, 1.165) is 44.9 Å². The van der Waals surface area contributed by atoms with Gasteiger partial charge in [-0.2, -0.15) is 0 Å². The number of hydrogen-bond acceptors (Lipinski definition) is 6. The molecule has 0 aliphatic rings. The molecule has 1 aromatic carbocycles. The molecule has 0 saturated heterocycles. The second kappa shape index (κ2) is 8.97. The maximum absolute atomic E-state index is 11.9. The molecule has 3 rings (SSSR count). The molecule has 0 N–H and O–H groups in total. The van der Waals surface area contributed by atoms with Crippen LogP contribution in [-0.4, -0.2) is 28.3 Å². The van der Waals surface area contributed by atoms with E-state index in [0.29, 0.717) is 6.61 Å². The molecule has 0 saturated carbocycles. The minimum Gasteiger partial charge on any atom is -0.465 e. The van der Waals surface area contributed by atoms with Crippen molar-refractivity contribution in [2.45, 2.75) is 31.2 Å². The summed E-state index contributed by atoms with van der Waals surface area (Å²) in [6, 6.07) is 12.3. The van der Waals surface area contributed by atoms with Crippen molar-refractivity contribution in [3.05, 3.63) is 42.7 Å². The maximum atomic E-state index is 11.9. The standard InChI is InChI=1S/C19H20N2O2S2/c1-2-3-7-10-23-17(22)12-24-18-15-11-16(14-8-5-4-6-9-14)25-19(15)21-13-20-18/h4-6,8-9,11,13H,2-3,7,10,12H2,1H3. The van der Waals surface area contributed by atoms with Crippen LogP contribution in [0.5, 0.6) is 0 Å². The first-order chi connectivity index (χ1) is 12.3. The van der Waals surface area contributed by atoms with Crippen LogP contribution in [0.3, 0.4) is 0 Å². The smallest absolute Gasteiger partial charge is 0.316 e. The SMILES string of the molecule is CCCCCOC(=O)CSc1ncnc2sc(-c3ccccc3)cc12. The van der Waals surface area contributed by atoms with Gasteiger partial charge >= 0.3 is 5.97 Å². The van der Waals surface area contributed by atoms with E-state index in [-0.39, 0.29) is 11.7 Å². The van der Waals surface area contributed by atoms with Crippen LogP contribution in [0.15, 0.2) is 47.8 Å². The van der Waals surface area contributed by atoms with Crippen molar-refractivity contribution < 1.29 is 9.53 Å². The fourth-order valence-corrected chi connectivity index (χ4v) is 4.24. The Labute approximate surface area is 155 Å². The van der Waals surface area contributed by atoms with Crippen molar-refractivity contribution in [3.63, 3.8) is 0 Å². The van der Waals surface area contributed by atoms with Crippen LogP contribution in [0, 0.1) is 0 Å². The fourth-order valence-electron chi connectivity index (χ4n) is 2.40. The maximum Gasteiger partial charge on any atom is 0.316 e. The van der Waals surface area contributed by atoms with Crippen LogP contribution >= 0.6 is 23.1 Å². The predicted molar refractivity (Wildman–Crippen MR) is 104 cm³/mol. The first-order valence-electron chi connectivity index (χ1n) is 8.36. The number of benzene rings is 1. The lowest BCUT2D eigenvalue weighted by atomic mass is 10.2. The minimum absolute atomic E-state index is 0.189. The zero-order valence-corrected chi connectivity index (χ0v) is 15.7. The average Bonchev–Trinajstić information content (AvgIpc) is 3.09. The molecule has 25 heavy (non-hydrogen) atoms. The molecule has 0 aliphatic carbocycles. The third-order valence-electron chi connectivity index (χ3n) is 3.69. The van der Waals surface area contributed by atoms with Gasteiger partial charge in [-0.1, -0.05) is 61.9 Å². The zero-order valence-electron chi connectivity index (χ0n) is 14.1. The molecule has 0 radical (unpaired) electrons. The molecule has 0 spiro atoms. The van der Waals surface area contributed by atoms with E-state index < -0.39 is 0 Å². The third kappa shape index (κ3) is 4.80. The summed E-state index contributed by atoms with van der Waals surface area (Å²) in [4.78, 5) is 22.7. The highest BCUT2D eigenvalue weighted by Gasteiger charge is 2.12. The number of thioether (sulfide) groups is 1. The average molecular weight is 373 g/mol. The summed E-state index contributed by atoms with van der Waals surface area (Å²) in [7, 11) is 0. The summed E-state index contributed by atoms with van der Waals surface area (Å²) in [5.41, 5.74) is 1.16. The highest BCUT2D eigenvalue weighted by atomic mass is 32.2. The number of esters is 1. The monoisotopic (exact) mass is 372 g/mol. The van der Waals surface area contributed by atoms with E-state index in [1.54, 1.807) is 17.7 Å². The van der Waals surface area contributed by atoms with Gasteiger partial charge in [0.1, 0.15) is 16.2 Å². The molecule has 0 aliphatic heterocycles. The number of unbranched alkanes of at least 4 members (excludes halogenated alkanes) is 2. The van der Waals surface area contributed by atoms with E-state index >= 15 is 0 Å². The summed E-state index contributed by atoms with van der Waals surface area (Å²) in [5, 5.41) is 1.82. The molecule has 2 aromatic heterocycles. The molecule has 130 valence electrons. The number of fused-ring (bicyclic) bond motifs is 1. The largest absolute Gasteiger partial charge is 0.465 e. The van der Waals surface area contributed by atoms with Gasteiger partial charge in [0.05, 0.1) is 12.4 Å². The topological polar surface area (TPSA) is 52.1 Å². The van der Waals surface area contributed by atoms with Crippen LogP contribution in [0.4, 0.5) is 0 Å². The molecule has 0 atom stereocenters. The van der Waals surface area contributed by atoms with E-state index in [1.165, 1.54) is 11.8 Å². The van der Waals surface area contributed by atoms with Crippen LogP contribution in [-0.2, 0) is 9.53 Å². The molecule has 6 heteroatoms. The number of carbonyl (C=O) groups is 1. The normalized spacial score (nSPS) is 10.9. The van der Waals surface area contributed by atoms with Gasteiger partial charge in [0.25, 0.3) is 0 Å². The molecule has 3 aromatic rings. The van der Waals surface area contributed by atoms with Crippen molar-refractivity contribution in [2.24, 2.45) is 0 Å². The van der Waals surface area contributed by atoms with Crippen molar-refractivity contribution in [2.75, 3.05) is 12.4 Å². The van der Waals surface area contributed by atoms with Crippen LogP contribution in [0.1, 0.15) is 26.2 Å². The van der Waals surface area contributed by atoms with Crippen LogP contribution in [0.25, 0.3) is 20.7 Å². The quantitative estimate of drug-likeness (QED) is 0.236. The van der Waals surface area contributed by atoms with E-state index in [2.05, 4.69) is 35.1 Å². The zero-order chi connectivity index (χ0) is 17.5. The Bertz CT molecular complexity index is 834. The Balaban J connectivity index is 1.68. The fraction of sp³-hybridized carbons (Fsp3) is 0.316. The Morgan fingerprint density at radius 3 is 2.84 bits per heavy atom. The number of hydrogen-bond donors (Lipinski definition) is 0. The minimum atomic E-state index is -0.189. The van der Waals surface area contributed by atoms with Gasteiger partial charge in [0, 0.05) is 10.3 Å². The van der Waals surface area contributed by atoms with Gasteiger partial charge in [-0.3, -0.25) is 4.79 Å². The second-order valence-electron chi connectivity index (χ2n) is 5.59. The van der Waals surface area contributed by atoms with Crippen molar-refractivity contribution in [3.8, 4) is 10.4 Å². The summed E-state index contributed by atoms with van der Waals surface area (Å²) >= 11 is 3.05. The van der Waals surface area contributed by atoms with Gasteiger partial charge in [-0.05, 0) is 18.1 Å². The second-order valence-corrected chi connectivity index (χ2v) is 7.59.